The van der Waals surface area contributed by atoms with Gasteiger partial charge in [-0.3, -0.25) is 0 Å². The van der Waals surface area contributed by atoms with Crippen molar-refractivity contribution in [3.05, 3.63) is 246 Å². The predicted octanol–water partition coefficient (Wildman–Crippen LogP) is 42.4. The molecule has 0 unspecified atom stereocenters. The van der Waals surface area contributed by atoms with E-state index in [4.69, 9.17) is 0 Å². The molecule has 0 spiro atoms. The monoisotopic (exact) mass is 1700 g/mol. The van der Waals surface area contributed by atoms with E-state index in [9.17, 15) is 0 Å². The zero-order valence-electron chi connectivity index (χ0n) is 90.9. The third kappa shape index (κ3) is 97.0. The highest BCUT2D eigenvalue weighted by Gasteiger charge is 2.16. The minimum Gasteiger partial charge on any atom is -0.0683 e. The lowest BCUT2D eigenvalue weighted by Gasteiger charge is -2.21. The van der Waals surface area contributed by atoms with Crippen LogP contribution in [0.4, 0.5) is 0 Å². The van der Waals surface area contributed by atoms with Crippen molar-refractivity contribution >= 4 is 0 Å². The van der Waals surface area contributed by atoms with Gasteiger partial charge in [0.1, 0.15) is 0 Å². The molecule has 0 heterocycles. The number of hydrogen-bond acceptors (Lipinski definition) is 0. The minimum atomic E-state index is 0.267. The Morgan fingerprint density at radius 1 is 0.260 bits per heavy atom. The fourth-order valence-electron chi connectivity index (χ4n) is 12.3. The summed E-state index contributed by atoms with van der Waals surface area (Å²) in [6, 6.07) is 54.7. The molecular weight excluding hydrogens is 1480 g/mol. The molecule has 0 amide bonds. The Morgan fingerprint density at radius 2 is 0.537 bits per heavy atom. The van der Waals surface area contributed by atoms with Crippen molar-refractivity contribution in [1.82, 2.24) is 0 Å². The molecule has 0 N–H and O–H groups in total. The second-order valence-electron chi connectivity index (χ2n) is 40.2. The van der Waals surface area contributed by atoms with Crippen molar-refractivity contribution in [1.29, 1.82) is 0 Å². The maximum Gasteiger partial charge on any atom is -0.0132 e. The van der Waals surface area contributed by atoms with Crippen LogP contribution in [0, 0.1) is 106 Å². The Kier molecular flexibility index (Phi) is 94.1. The van der Waals surface area contributed by atoms with Gasteiger partial charge in [0.2, 0.25) is 0 Å². The van der Waals surface area contributed by atoms with Gasteiger partial charge in [0.25, 0.3) is 0 Å². The van der Waals surface area contributed by atoms with Crippen LogP contribution in [0.1, 0.15) is 494 Å². The van der Waals surface area contributed by atoms with E-state index in [1.54, 1.807) is 11.1 Å². The van der Waals surface area contributed by atoms with E-state index in [1.807, 2.05) is 32.0 Å². The molecule has 123 heavy (non-hydrogen) atoms. The van der Waals surface area contributed by atoms with Crippen LogP contribution < -0.4 is 0 Å². The van der Waals surface area contributed by atoms with Crippen LogP contribution in [0.2, 0.25) is 0 Å². The Bertz CT molecular complexity index is 3170. The van der Waals surface area contributed by atoms with Gasteiger partial charge in [-0.2, -0.15) is 0 Å². The maximum atomic E-state index is 2.45. The quantitative estimate of drug-likeness (QED) is 0.0594. The van der Waals surface area contributed by atoms with E-state index < -0.39 is 0 Å². The number of unbranched alkanes of at least 4 members (excludes halogenated alkanes) is 16. The molecule has 2 fully saturated rings. The van der Waals surface area contributed by atoms with E-state index in [1.165, 1.54) is 308 Å². The highest BCUT2D eigenvalue weighted by atomic mass is 14.2. The van der Waals surface area contributed by atoms with E-state index in [0.717, 1.165) is 17.8 Å². The standard InChI is InChI=1S/C19H32.2C13H20.C11H16.C9H12.C8H10.C7H14.C7H8.C7H16.C6H12.2C5H12.2C4H10.C3H8.C2H6/c1-4-6-8-10-12-18-14-17(3)15-19(16-18)13-11-9-7-5-2;1-9-7-12(13(4,5)6)8-10(2)11(9)3;1-3-4-5-6-7-13-10-8-12(2)9-11-13;1-9-5-7-10(8-6-9)11(2,3)4;1-7-4-5-8(2)9(3)6-7;1-7-3-5-8(2)6-4-7;2*1-7-5-3-2-4-6-7;1-3-5-7-6-4-2;1-6-4-2-3-5-6;1-5(2,3)4;1-3-5-4-2;1-4(2)3;1-3-4-2;1-3-2;1-2/h14-16H,4-13H2,1-3H3;7-8H,1-6H3;8-11H,3-7H2,1-2H3;5-8H,1-4H3;4-6H,1-3H3;3-6H,1-2H3;7H,2-6H2,1H3;2-6H,1H3;3-7H2,1-2H3;6H,2-5H2,1H3;1-4H3;3-5H2,1-2H3;4H,1-3H3;3-4H2,1-2H3;3H2,1-2H3;1-2H3. The minimum absolute atomic E-state index is 0.267. The molecule has 0 bridgehead atoms. The second kappa shape index (κ2) is 88.6. The van der Waals surface area contributed by atoms with Crippen LogP contribution >= 0.6 is 0 Å². The molecule has 7 aromatic rings. The van der Waals surface area contributed by atoms with Crippen molar-refractivity contribution in [3.8, 4) is 0 Å². The van der Waals surface area contributed by atoms with E-state index >= 15 is 0 Å². The van der Waals surface area contributed by atoms with Crippen LogP contribution in [0.3, 0.4) is 0 Å². The first-order valence-corrected chi connectivity index (χ1v) is 51.4. The van der Waals surface area contributed by atoms with Gasteiger partial charge in [0.05, 0.1) is 0 Å². The maximum absolute atomic E-state index is 2.45. The molecule has 0 nitrogen and oxygen atoms in total. The van der Waals surface area contributed by atoms with Crippen molar-refractivity contribution in [2.45, 2.75) is 513 Å². The highest BCUT2D eigenvalue weighted by Crippen LogP contribution is 2.28. The Hall–Kier alpha value is -5.46. The average molecular weight is 1700 g/mol. The van der Waals surface area contributed by atoms with Gasteiger partial charge in [-0.15, -0.1) is 0 Å². The SMILES string of the molecule is CC.CC(C)(C)C.CC(C)C.CC1CCCC1.CC1CCCCC1.CCC.CCCC.CCCCC.CCCCCCC.CCCCCCc1cc(C)cc(CCCCCC)c1.CCCCCCc1ccc(C)cc1.Cc1cc(C(C)(C)C)cc(C)c1C.Cc1ccc(C(C)(C)C)cc1.Cc1ccc(C)c(C)c1.Cc1ccc(C)cc1.Cc1ccccc1. The molecule has 2 aliphatic carbocycles. The molecule has 0 radical (unpaired) electrons. The number of rotatable bonds is 22. The molecule has 2 aliphatic rings. The first-order chi connectivity index (χ1) is 58.0. The van der Waals surface area contributed by atoms with Gasteiger partial charge in [0.15, 0.2) is 0 Å². The van der Waals surface area contributed by atoms with Gasteiger partial charge in [-0.1, -0.05) is 571 Å². The van der Waals surface area contributed by atoms with Crippen LogP contribution in [-0.4, -0.2) is 0 Å². The lowest BCUT2D eigenvalue weighted by molar-refractivity contribution is 0.385. The number of hydrogen-bond donors (Lipinski definition) is 0. The summed E-state index contributed by atoms with van der Waals surface area (Å²) in [6.45, 7) is 87.5. The highest BCUT2D eigenvalue weighted by molar-refractivity contribution is 5.39. The van der Waals surface area contributed by atoms with Gasteiger partial charge in [-0.05, 0) is 211 Å². The summed E-state index contributed by atoms with van der Waals surface area (Å²) in [5, 5.41) is 0. The van der Waals surface area contributed by atoms with Crippen molar-refractivity contribution in [3.63, 3.8) is 0 Å². The molecule has 0 aromatic heterocycles. The molecule has 0 atom stereocenters. The first-order valence-electron chi connectivity index (χ1n) is 51.4. The molecule has 7 aromatic carbocycles. The van der Waals surface area contributed by atoms with Gasteiger partial charge < -0.3 is 0 Å². The lowest BCUT2D eigenvalue weighted by Crippen LogP contribution is -2.12. The first kappa shape index (κ1) is 131. The lowest BCUT2D eigenvalue weighted by atomic mass is 9.84. The summed E-state index contributed by atoms with van der Waals surface area (Å²) in [6.07, 6.45) is 48.5. The summed E-state index contributed by atoms with van der Waals surface area (Å²) < 4.78 is 0. The van der Waals surface area contributed by atoms with Crippen LogP contribution in [0.15, 0.2) is 152 Å². The Labute approximate surface area is 776 Å². The van der Waals surface area contributed by atoms with E-state index in [-0.39, 0.29) is 10.8 Å². The molecule has 9 rings (SSSR count). The van der Waals surface area contributed by atoms with Crippen molar-refractivity contribution < 1.29 is 0 Å². The summed E-state index contributed by atoms with van der Waals surface area (Å²) >= 11 is 0. The van der Waals surface area contributed by atoms with E-state index in [2.05, 4.69) is 397 Å². The van der Waals surface area contributed by atoms with Crippen LogP contribution in [-0.2, 0) is 30.1 Å². The van der Waals surface area contributed by atoms with Gasteiger partial charge in [0, 0.05) is 0 Å². The third-order valence-electron chi connectivity index (χ3n) is 20.8. The zero-order valence-corrected chi connectivity index (χ0v) is 90.9. The van der Waals surface area contributed by atoms with Gasteiger partial charge in [-0.25, -0.2) is 0 Å². The molecular formula is C123H218. The zero-order chi connectivity index (χ0) is 95.5. The summed E-state index contributed by atoms with van der Waals surface area (Å²) in [5.41, 5.74) is 25.0. The Balaban J connectivity index is -0.000000240. The molecule has 710 valence electrons. The summed E-state index contributed by atoms with van der Waals surface area (Å²) in [4.78, 5) is 0. The second-order valence-corrected chi connectivity index (χ2v) is 40.2. The molecule has 0 heteroatoms. The topological polar surface area (TPSA) is 0 Å². The van der Waals surface area contributed by atoms with E-state index in [0.29, 0.717) is 5.41 Å². The predicted molar refractivity (Wildman–Crippen MR) is 576 cm³/mol. The van der Waals surface area contributed by atoms with Crippen LogP contribution in [0.5, 0.6) is 0 Å². The van der Waals surface area contributed by atoms with Crippen molar-refractivity contribution in [2.75, 3.05) is 0 Å². The summed E-state index contributed by atoms with van der Waals surface area (Å²) in [7, 11) is 0. The molecule has 2 saturated carbocycles. The van der Waals surface area contributed by atoms with Crippen LogP contribution in [0.25, 0.3) is 0 Å². The Morgan fingerprint density at radius 3 is 0.780 bits per heavy atom. The summed E-state index contributed by atoms with van der Waals surface area (Å²) in [5.74, 6) is 2.92. The number of benzene rings is 7. The van der Waals surface area contributed by atoms with Crippen molar-refractivity contribution in [2.24, 2.45) is 23.2 Å². The van der Waals surface area contributed by atoms with Gasteiger partial charge >= 0.3 is 0 Å². The molecule has 0 aliphatic heterocycles. The average Bonchev–Trinajstić information content (AvgIpc) is 1.13. The normalized spacial score (nSPS) is 11.7. The smallest absolute Gasteiger partial charge is 0.0132 e. The fourth-order valence-corrected chi connectivity index (χ4v) is 12.3. The number of aryl methyl sites for hydroxylation is 14. The third-order valence-corrected chi connectivity index (χ3v) is 20.8. The largest absolute Gasteiger partial charge is 0.0683 e. The fraction of sp³-hybridized carbons (Fsp3) is 0.659. The molecule has 0 saturated heterocycles.